The third kappa shape index (κ3) is 5.83. The minimum absolute atomic E-state index is 0. The molecule has 0 aliphatic carbocycles. The van der Waals surface area contributed by atoms with Gasteiger partial charge < -0.3 is 14.4 Å². The third-order valence-electron chi connectivity index (χ3n) is 6.22. The molecule has 0 bridgehead atoms. The van der Waals surface area contributed by atoms with Gasteiger partial charge in [0.1, 0.15) is 5.58 Å². The summed E-state index contributed by atoms with van der Waals surface area (Å²) in [5.41, 5.74) is 7.84. The Morgan fingerprint density at radius 2 is 1.50 bits per heavy atom. The van der Waals surface area contributed by atoms with Crippen molar-refractivity contribution in [2.45, 2.75) is 33.5 Å². The van der Waals surface area contributed by atoms with Gasteiger partial charge in [-0.15, -0.1) is 53.2 Å². The van der Waals surface area contributed by atoms with E-state index in [4.69, 9.17) is 4.42 Å². The van der Waals surface area contributed by atoms with Gasteiger partial charge in [-0.3, -0.25) is 4.98 Å². The van der Waals surface area contributed by atoms with Gasteiger partial charge in [-0.1, -0.05) is 54.9 Å². The Labute approximate surface area is 238 Å². The summed E-state index contributed by atoms with van der Waals surface area (Å²) in [7, 11) is -1.54. The molecule has 0 unspecified atom stereocenters. The Kier molecular flexibility index (Phi) is 8.37. The second kappa shape index (κ2) is 11.5. The average molecular weight is 692 g/mol. The fraction of sp³-hybridized carbons (Fsp3) is 0.156. The molecule has 0 amide bonds. The molecule has 0 N–H and O–H groups in total. The van der Waals surface area contributed by atoms with Crippen LogP contribution in [-0.4, -0.2) is 23.0 Å². The van der Waals surface area contributed by atoms with Gasteiger partial charge in [-0.2, -0.15) is 0 Å². The van der Waals surface area contributed by atoms with Crippen molar-refractivity contribution in [1.82, 2.24) is 15.0 Å². The van der Waals surface area contributed by atoms with E-state index in [-0.39, 0.29) is 20.1 Å². The van der Waals surface area contributed by atoms with Crippen molar-refractivity contribution in [3.63, 3.8) is 0 Å². The maximum Gasteiger partial charge on any atom is 0.139 e. The van der Waals surface area contributed by atoms with Crippen molar-refractivity contribution in [1.29, 1.82) is 0 Å². The predicted octanol–water partition coefficient (Wildman–Crippen LogP) is 7.55. The molecule has 6 aromatic rings. The molecule has 2 aromatic carbocycles. The van der Waals surface area contributed by atoms with Gasteiger partial charge >= 0.3 is 0 Å². The number of aromatic nitrogens is 3. The summed E-state index contributed by atoms with van der Waals surface area (Å²) in [4.78, 5) is 13.1. The first-order valence-corrected chi connectivity index (χ1v) is 15.9. The average Bonchev–Trinajstić information content (AvgIpc) is 3.29. The van der Waals surface area contributed by atoms with E-state index >= 15 is 0 Å². The summed E-state index contributed by atoms with van der Waals surface area (Å²) < 4.78 is 6.19. The van der Waals surface area contributed by atoms with E-state index in [1.54, 1.807) is 6.20 Å². The molecule has 6 heteroatoms. The number of nitrogens with zero attached hydrogens (tertiary/aromatic N) is 3. The molecule has 0 aliphatic rings. The first-order chi connectivity index (χ1) is 17.8. The van der Waals surface area contributed by atoms with Gasteiger partial charge in [0.2, 0.25) is 0 Å². The van der Waals surface area contributed by atoms with Crippen LogP contribution >= 0.6 is 0 Å². The van der Waals surface area contributed by atoms with Crippen LogP contribution in [-0.2, 0) is 20.1 Å². The Morgan fingerprint density at radius 1 is 0.789 bits per heavy atom. The summed E-state index contributed by atoms with van der Waals surface area (Å²) in [5, 5.41) is 3.68. The van der Waals surface area contributed by atoms with E-state index in [0.717, 1.165) is 44.6 Å². The topological polar surface area (TPSA) is 51.8 Å². The standard InChI is InChI=1S/C20H19N2OSi.C12H10N.Ir/c1-13-5-7-16(22-11-13)14-6-8-18(24(2,3)4)19-15-9-10-21-12-17(15)23-20(14)19;1-10-7-8-12(13-9-10)11-5-3-2-4-6-11;/h5,7-12H,1-4H3;2-5,7-9H,1H3;/q2*-1;. The maximum absolute atomic E-state index is 6.19. The molecule has 0 fully saturated rings. The molecule has 4 nitrogen and oxygen atoms in total. The Balaban J connectivity index is 0.000000204. The fourth-order valence-corrected chi connectivity index (χ4v) is 5.76. The van der Waals surface area contributed by atoms with Crippen LogP contribution in [0.4, 0.5) is 0 Å². The number of aryl methyl sites for hydroxylation is 2. The number of rotatable bonds is 3. The zero-order valence-corrected chi connectivity index (χ0v) is 25.6. The number of hydrogen-bond donors (Lipinski definition) is 0. The van der Waals surface area contributed by atoms with Crippen molar-refractivity contribution < 1.29 is 24.5 Å². The molecule has 0 saturated heterocycles. The van der Waals surface area contributed by atoms with E-state index in [9.17, 15) is 0 Å². The van der Waals surface area contributed by atoms with Crippen molar-refractivity contribution in [2.24, 2.45) is 0 Å². The van der Waals surface area contributed by atoms with Crippen LogP contribution in [0.2, 0.25) is 19.6 Å². The number of benzene rings is 2. The van der Waals surface area contributed by atoms with E-state index in [2.05, 4.69) is 64.9 Å². The Morgan fingerprint density at radius 3 is 2.11 bits per heavy atom. The van der Waals surface area contributed by atoms with Crippen molar-refractivity contribution in [3.8, 4) is 22.5 Å². The summed E-state index contributed by atoms with van der Waals surface area (Å²) in [6, 6.07) is 26.8. The fourth-order valence-electron chi connectivity index (χ4n) is 4.25. The summed E-state index contributed by atoms with van der Waals surface area (Å²) in [6.45, 7) is 11.1. The monoisotopic (exact) mass is 692 g/mol. The molecule has 1 radical (unpaired) electrons. The number of fused-ring (bicyclic) bond motifs is 3. The first-order valence-electron chi connectivity index (χ1n) is 12.4. The second-order valence-electron chi connectivity index (χ2n) is 10.2. The second-order valence-corrected chi connectivity index (χ2v) is 15.3. The predicted molar refractivity (Wildman–Crippen MR) is 155 cm³/mol. The molecule has 0 spiro atoms. The van der Waals surface area contributed by atoms with E-state index in [1.165, 1.54) is 16.1 Å². The van der Waals surface area contributed by atoms with Crippen LogP contribution in [0.15, 0.2) is 89.9 Å². The normalized spacial score (nSPS) is 11.1. The van der Waals surface area contributed by atoms with Gasteiger partial charge in [0, 0.05) is 52.2 Å². The van der Waals surface area contributed by atoms with Crippen molar-refractivity contribution >= 4 is 35.2 Å². The largest absolute Gasteiger partial charge is 0.499 e. The maximum atomic E-state index is 6.19. The SMILES string of the molecule is Cc1ccc(-c2[c-]cc([Si](C)(C)C)c3c2oc2cnccc23)nc1.Cc1ccc(-c2[c-]cccc2)nc1.[Ir]. The van der Waals surface area contributed by atoms with Crippen molar-refractivity contribution in [2.75, 3.05) is 0 Å². The molecule has 6 rings (SSSR count). The van der Waals surface area contributed by atoms with Crippen molar-refractivity contribution in [3.05, 3.63) is 109 Å². The zero-order valence-electron chi connectivity index (χ0n) is 22.2. The summed E-state index contributed by atoms with van der Waals surface area (Å²) in [5.74, 6) is 0. The van der Waals surface area contributed by atoms with Crippen LogP contribution in [0.25, 0.3) is 44.5 Å². The molecular weight excluding hydrogens is 663 g/mol. The summed E-state index contributed by atoms with van der Waals surface area (Å²) >= 11 is 0. The van der Waals surface area contributed by atoms with Crippen LogP contribution in [0.3, 0.4) is 0 Å². The van der Waals surface area contributed by atoms with Crippen LogP contribution in [0.5, 0.6) is 0 Å². The molecule has 4 heterocycles. The minimum Gasteiger partial charge on any atom is -0.499 e. The number of furan rings is 1. The van der Waals surface area contributed by atoms with E-state index in [1.807, 2.05) is 74.9 Å². The number of pyridine rings is 3. The van der Waals surface area contributed by atoms with Gasteiger partial charge in [0.15, 0.2) is 0 Å². The summed E-state index contributed by atoms with van der Waals surface area (Å²) in [6.07, 6.45) is 7.36. The molecule has 4 aromatic heterocycles. The quantitative estimate of drug-likeness (QED) is 0.142. The van der Waals surface area contributed by atoms with E-state index in [0.29, 0.717) is 0 Å². The minimum atomic E-state index is -1.54. The third-order valence-corrected chi connectivity index (χ3v) is 8.23. The molecule has 0 aliphatic heterocycles. The Bertz CT molecular complexity index is 1660. The first kappa shape index (κ1) is 27.6. The Hall–Kier alpha value is -3.44. The van der Waals surface area contributed by atoms with Crippen LogP contribution in [0, 0.1) is 26.0 Å². The molecular formula is C32H29IrN3OSi-2. The zero-order chi connectivity index (χ0) is 26.0. The van der Waals surface area contributed by atoms with Gasteiger partial charge in [-0.05, 0) is 42.4 Å². The van der Waals surface area contributed by atoms with E-state index < -0.39 is 8.07 Å². The smallest absolute Gasteiger partial charge is 0.139 e. The number of hydrogen-bond acceptors (Lipinski definition) is 4. The van der Waals surface area contributed by atoms with Crippen LogP contribution in [0.1, 0.15) is 11.1 Å². The van der Waals surface area contributed by atoms with Crippen LogP contribution < -0.4 is 5.19 Å². The van der Waals surface area contributed by atoms with Gasteiger partial charge in [0.05, 0.1) is 11.8 Å². The molecule has 0 atom stereocenters. The van der Waals surface area contributed by atoms with Gasteiger partial charge in [0.25, 0.3) is 0 Å². The molecule has 38 heavy (non-hydrogen) atoms. The van der Waals surface area contributed by atoms with Gasteiger partial charge in [-0.25, -0.2) is 0 Å². The molecule has 0 saturated carbocycles. The molecule has 193 valence electrons.